The molecule has 13 heavy (non-hydrogen) atoms. The average Bonchev–Trinajstić information content (AvgIpc) is 2.08. The molecule has 1 amide bonds. The van der Waals surface area contributed by atoms with Crippen LogP contribution in [0.1, 0.15) is 26.7 Å². The van der Waals surface area contributed by atoms with E-state index in [0.29, 0.717) is 6.04 Å². The zero-order chi connectivity index (χ0) is 9.84. The zero-order valence-corrected chi connectivity index (χ0v) is 10.4. The largest absolute Gasteiger partial charge is 0.353 e. The number of nitrogens with one attached hydrogen (secondary N) is 1. The van der Waals surface area contributed by atoms with Crippen LogP contribution in [0, 0.1) is 5.92 Å². The standard InChI is InChI=1S/C9H17IN2O/c1-7(2)9(13)11-8-3-5-12(10)6-4-8/h7-8H,3-6H2,1-2H3,(H,11,13). The number of hydrogen-bond donors (Lipinski definition) is 1. The van der Waals surface area contributed by atoms with Crippen molar-refractivity contribution in [3.8, 4) is 0 Å². The molecule has 0 unspecified atom stereocenters. The quantitative estimate of drug-likeness (QED) is 0.620. The Labute approximate surface area is 93.7 Å². The predicted molar refractivity (Wildman–Crippen MR) is 61.6 cm³/mol. The van der Waals surface area contributed by atoms with Crippen molar-refractivity contribution in [2.75, 3.05) is 13.1 Å². The molecule has 0 aromatic carbocycles. The number of piperidine rings is 1. The topological polar surface area (TPSA) is 32.3 Å². The van der Waals surface area contributed by atoms with Crippen molar-refractivity contribution in [3.63, 3.8) is 0 Å². The second-order valence-electron chi connectivity index (χ2n) is 3.85. The van der Waals surface area contributed by atoms with Crippen LogP contribution >= 0.6 is 22.9 Å². The molecular formula is C9H17IN2O. The maximum atomic E-state index is 11.4. The van der Waals surface area contributed by atoms with Gasteiger partial charge in [0, 0.05) is 47.9 Å². The number of amides is 1. The molecule has 0 radical (unpaired) electrons. The minimum atomic E-state index is 0.109. The average molecular weight is 296 g/mol. The highest BCUT2D eigenvalue weighted by Gasteiger charge is 2.19. The molecule has 76 valence electrons. The summed E-state index contributed by atoms with van der Waals surface area (Å²) in [7, 11) is 0. The molecule has 1 rings (SSSR count). The molecule has 1 aliphatic rings. The Morgan fingerprint density at radius 3 is 2.46 bits per heavy atom. The summed E-state index contributed by atoms with van der Waals surface area (Å²) in [5, 5.41) is 3.07. The molecule has 0 aromatic rings. The van der Waals surface area contributed by atoms with Crippen LogP contribution < -0.4 is 5.32 Å². The second kappa shape index (κ2) is 5.14. The van der Waals surface area contributed by atoms with Gasteiger partial charge in [-0.3, -0.25) is 4.79 Å². The zero-order valence-electron chi connectivity index (χ0n) is 8.22. The molecule has 1 aliphatic heterocycles. The number of carbonyl (C=O) groups is 1. The van der Waals surface area contributed by atoms with Crippen LogP contribution in [-0.2, 0) is 4.79 Å². The van der Waals surface area contributed by atoms with Gasteiger partial charge in [-0.25, -0.2) is 3.11 Å². The van der Waals surface area contributed by atoms with Gasteiger partial charge in [0.25, 0.3) is 0 Å². The van der Waals surface area contributed by atoms with Crippen molar-refractivity contribution in [2.45, 2.75) is 32.7 Å². The molecule has 1 N–H and O–H groups in total. The lowest BCUT2D eigenvalue weighted by atomic mass is 10.1. The number of carbonyl (C=O) groups excluding carboxylic acids is 1. The molecule has 0 atom stereocenters. The lowest BCUT2D eigenvalue weighted by molar-refractivity contribution is -0.124. The van der Waals surface area contributed by atoms with Crippen LogP contribution in [0.2, 0.25) is 0 Å². The number of rotatable bonds is 2. The maximum absolute atomic E-state index is 11.4. The van der Waals surface area contributed by atoms with Crippen molar-refractivity contribution >= 4 is 28.8 Å². The van der Waals surface area contributed by atoms with E-state index in [0.717, 1.165) is 25.9 Å². The van der Waals surface area contributed by atoms with E-state index < -0.39 is 0 Å². The first-order valence-electron chi connectivity index (χ1n) is 4.80. The molecule has 3 nitrogen and oxygen atoms in total. The fourth-order valence-corrected chi connectivity index (χ4v) is 1.92. The normalized spacial score (nSPS) is 20.6. The molecule has 0 bridgehead atoms. The molecular weight excluding hydrogens is 279 g/mol. The van der Waals surface area contributed by atoms with Crippen LogP contribution in [0.4, 0.5) is 0 Å². The molecule has 1 saturated heterocycles. The fraction of sp³-hybridized carbons (Fsp3) is 0.889. The van der Waals surface area contributed by atoms with E-state index in [1.165, 1.54) is 0 Å². The smallest absolute Gasteiger partial charge is 0.222 e. The van der Waals surface area contributed by atoms with E-state index in [4.69, 9.17) is 0 Å². The Balaban J connectivity index is 2.26. The molecule has 1 heterocycles. The van der Waals surface area contributed by atoms with E-state index in [2.05, 4.69) is 31.3 Å². The molecule has 1 fully saturated rings. The van der Waals surface area contributed by atoms with Gasteiger partial charge in [-0.2, -0.15) is 0 Å². The van der Waals surface area contributed by atoms with E-state index >= 15 is 0 Å². The highest BCUT2D eigenvalue weighted by molar-refractivity contribution is 14.1. The van der Waals surface area contributed by atoms with Gasteiger partial charge >= 0.3 is 0 Å². The first-order valence-corrected chi connectivity index (χ1v) is 5.77. The summed E-state index contributed by atoms with van der Waals surface area (Å²) in [4.78, 5) is 11.4. The number of halogens is 1. The van der Waals surface area contributed by atoms with Crippen molar-refractivity contribution < 1.29 is 4.79 Å². The van der Waals surface area contributed by atoms with E-state index in [-0.39, 0.29) is 11.8 Å². The number of hydrogen-bond acceptors (Lipinski definition) is 2. The minimum absolute atomic E-state index is 0.109. The third-order valence-corrected chi connectivity index (χ3v) is 3.28. The van der Waals surface area contributed by atoms with E-state index in [1.54, 1.807) is 0 Å². The SMILES string of the molecule is CC(C)C(=O)NC1CCN(I)CC1. The van der Waals surface area contributed by atoms with Crippen LogP contribution in [0.25, 0.3) is 0 Å². The van der Waals surface area contributed by atoms with Gasteiger partial charge in [0.05, 0.1) is 0 Å². The summed E-state index contributed by atoms with van der Waals surface area (Å²) in [5.74, 6) is 0.296. The van der Waals surface area contributed by atoms with Gasteiger partial charge in [-0.15, -0.1) is 0 Å². The van der Waals surface area contributed by atoms with Gasteiger partial charge in [-0.1, -0.05) is 13.8 Å². The Kier molecular flexibility index (Phi) is 4.45. The predicted octanol–water partition coefficient (Wildman–Crippen LogP) is 1.57. The van der Waals surface area contributed by atoms with Gasteiger partial charge in [0.2, 0.25) is 5.91 Å². The summed E-state index contributed by atoms with van der Waals surface area (Å²) in [6, 6.07) is 0.404. The molecule has 0 aromatic heterocycles. The second-order valence-corrected chi connectivity index (χ2v) is 5.21. The minimum Gasteiger partial charge on any atom is -0.353 e. The molecule has 0 spiro atoms. The lowest BCUT2D eigenvalue weighted by Crippen LogP contribution is -2.43. The number of nitrogens with zero attached hydrogens (tertiary/aromatic N) is 1. The monoisotopic (exact) mass is 296 g/mol. The Morgan fingerprint density at radius 1 is 1.46 bits per heavy atom. The highest BCUT2D eigenvalue weighted by atomic mass is 127. The third kappa shape index (κ3) is 3.81. The van der Waals surface area contributed by atoms with Gasteiger partial charge in [-0.05, 0) is 12.8 Å². The molecule has 4 heteroatoms. The van der Waals surface area contributed by atoms with Gasteiger partial charge < -0.3 is 5.32 Å². The maximum Gasteiger partial charge on any atom is 0.222 e. The highest BCUT2D eigenvalue weighted by Crippen LogP contribution is 2.13. The summed E-state index contributed by atoms with van der Waals surface area (Å²) in [6.07, 6.45) is 2.17. The molecule has 0 saturated carbocycles. The Hall–Kier alpha value is 0.160. The van der Waals surface area contributed by atoms with Crippen molar-refractivity contribution in [1.82, 2.24) is 8.43 Å². The van der Waals surface area contributed by atoms with Gasteiger partial charge in [0.1, 0.15) is 0 Å². The van der Waals surface area contributed by atoms with Crippen LogP contribution in [0.15, 0.2) is 0 Å². The van der Waals surface area contributed by atoms with Crippen molar-refractivity contribution in [1.29, 1.82) is 0 Å². The van der Waals surface area contributed by atoms with Crippen LogP contribution in [0.5, 0.6) is 0 Å². The first kappa shape index (κ1) is 11.2. The Morgan fingerprint density at radius 2 is 2.00 bits per heavy atom. The summed E-state index contributed by atoms with van der Waals surface area (Å²) < 4.78 is 2.27. The van der Waals surface area contributed by atoms with Crippen LogP contribution in [-0.4, -0.2) is 28.2 Å². The van der Waals surface area contributed by atoms with Crippen LogP contribution in [0.3, 0.4) is 0 Å². The summed E-state index contributed by atoms with van der Waals surface area (Å²) >= 11 is 2.33. The summed E-state index contributed by atoms with van der Waals surface area (Å²) in [5.41, 5.74) is 0. The van der Waals surface area contributed by atoms with Crippen molar-refractivity contribution in [3.05, 3.63) is 0 Å². The first-order chi connectivity index (χ1) is 6.09. The van der Waals surface area contributed by atoms with E-state index in [9.17, 15) is 4.79 Å². The fourth-order valence-electron chi connectivity index (χ4n) is 1.36. The lowest BCUT2D eigenvalue weighted by Gasteiger charge is -2.28. The van der Waals surface area contributed by atoms with Gasteiger partial charge in [0.15, 0.2) is 0 Å². The van der Waals surface area contributed by atoms with Crippen molar-refractivity contribution in [2.24, 2.45) is 5.92 Å². The third-order valence-electron chi connectivity index (χ3n) is 2.31. The van der Waals surface area contributed by atoms with E-state index in [1.807, 2.05) is 13.8 Å². The summed E-state index contributed by atoms with van der Waals surface area (Å²) in [6.45, 7) is 6.04. The molecule has 0 aliphatic carbocycles. The Bertz CT molecular complexity index is 176.